The molecule has 2 amide bonds. The van der Waals surface area contributed by atoms with Crippen molar-refractivity contribution in [2.45, 2.75) is 6.92 Å². The van der Waals surface area contributed by atoms with Gasteiger partial charge >= 0.3 is 0 Å². The number of carbonyl (C=O) groups excluding carboxylic acids is 2. The summed E-state index contributed by atoms with van der Waals surface area (Å²) in [5, 5.41) is 7.51. The first kappa shape index (κ1) is 15.9. The number of nitrogens with zero attached hydrogens (tertiary/aromatic N) is 2. The highest BCUT2D eigenvalue weighted by molar-refractivity contribution is 7.14. The van der Waals surface area contributed by atoms with Crippen LogP contribution < -0.4 is 10.6 Å². The zero-order valence-corrected chi connectivity index (χ0v) is 13.7. The molecule has 3 heterocycles. The SMILES string of the molecule is Cc1cccc(-c2csc(NC(=O)CNC(=O)c3cc[nH]c3)n2)n1. The van der Waals surface area contributed by atoms with E-state index in [0.29, 0.717) is 16.4 Å². The molecule has 0 aliphatic carbocycles. The summed E-state index contributed by atoms with van der Waals surface area (Å²) in [4.78, 5) is 35.2. The Labute approximate surface area is 142 Å². The van der Waals surface area contributed by atoms with E-state index in [9.17, 15) is 9.59 Å². The Morgan fingerprint density at radius 3 is 2.83 bits per heavy atom. The zero-order valence-electron chi connectivity index (χ0n) is 12.9. The minimum Gasteiger partial charge on any atom is -0.367 e. The lowest BCUT2D eigenvalue weighted by Gasteiger charge is -2.03. The Bertz CT molecular complexity index is 857. The molecule has 8 heteroatoms. The first-order chi connectivity index (χ1) is 11.6. The number of hydrogen-bond acceptors (Lipinski definition) is 5. The van der Waals surface area contributed by atoms with Crippen LogP contribution in [-0.4, -0.2) is 33.3 Å². The Balaban J connectivity index is 1.56. The number of aromatic nitrogens is 3. The summed E-state index contributed by atoms with van der Waals surface area (Å²) in [5.74, 6) is -0.646. The molecule has 0 aliphatic heterocycles. The van der Waals surface area contributed by atoms with Crippen molar-refractivity contribution in [2.75, 3.05) is 11.9 Å². The van der Waals surface area contributed by atoms with Crippen LogP contribution in [0.25, 0.3) is 11.4 Å². The van der Waals surface area contributed by atoms with E-state index in [-0.39, 0.29) is 18.4 Å². The number of hydrogen-bond donors (Lipinski definition) is 3. The fraction of sp³-hybridized carbons (Fsp3) is 0.125. The smallest absolute Gasteiger partial charge is 0.253 e. The normalized spacial score (nSPS) is 10.4. The maximum atomic E-state index is 11.9. The average molecular weight is 341 g/mol. The highest BCUT2D eigenvalue weighted by atomic mass is 32.1. The monoisotopic (exact) mass is 341 g/mol. The molecule has 0 spiro atoms. The molecule has 0 bridgehead atoms. The molecule has 0 saturated carbocycles. The van der Waals surface area contributed by atoms with Gasteiger partial charge in [-0.05, 0) is 25.1 Å². The number of amides is 2. The Kier molecular flexibility index (Phi) is 4.66. The van der Waals surface area contributed by atoms with Gasteiger partial charge in [-0.15, -0.1) is 11.3 Å². The van der Waals surface area contributed by atoms with Crippen LogP contribution in [0.2, 0.25) is 0 Å². The molecule has 3 rings (SSSR count). The summed E-state index contributed by atoms with van der Waals surface area (Å²) in [6.07, 6.45) is 3.21. The lowest BCUT2D eigenvalue weighted by Crippen LogP contribution is -2.32. The predicted octanol–water partition coefficient (Wildman–Crippen LogP) is 2.21. The van der Waals surface area contributed by atoms with Crippen LogP contribution in [0.5, 0.6) is 0 Å². The van der Waals surface area contributed by atoms with Gasteiger partial charge in [0.15, 0.2) is 5.13 Å². The molecule has 0 unspecified atom stereocenters. The summed E-state index contributed by atoms with van der Waals surface area (Å²) in [6.45, 7) is 1.79. The van der Waals surface area contributed by atoms with Crippen molar-refractivity contribution in [3.63, 3.8) is 0 Å². The number of carbonyl (C=O) groups is 2. The summed E-state index contributed by atoms with van der Waals surface area (Å²) >= 11 is 1.31. The molecule has 7 nitrogen and oxygen atoms in total. The van der Waals surface area contributed by atoms with Gasteiger partial charge in [-0.3, -0.25) is 14.6 Å². The van der Waals surface area contributed by atoms with Crippen molar-refractivity contribution in [3.05, 3.63) is 53.3 Å². The van der Waals surface area contributed by atoms with Crippen LogP contribution in [0, 0.1) is 6.92 Å². The van der Waals surface area contributed by atoms with Crippen LogP contribution in [-0.2, 0) is 4.79 Å². The minimum atomic E-state index is -0.336. The standard InChI is InChI=1S/C16H15N5O2S/c1-10-3-2-4-12(19-10)13-9-24-16(20-13)21-14(22)8-18-15(23)11-5-6-17-7-11/h2-7,9,17H,8H2,1H3,(H,18,23)(H,20,21,22). The number of H-pyrrole nitrogens is 1. The van der Waals surface area contributed by atoms with Crippen molar-refractivity contribution >= 4 is 28.3 Å². The summed E-state index contributed by atoms with van der Waals surface area (Å²) in [5.41, 5.74) is 2.84. The van der Waals surface area contributed by atoms with E-state index in [1.807, 2.05) is 30.5 Å². The van der Waals surface area contributed by atoms with Gasteiger partial charge in [-0.25, -0.2) is 4.98 Å². The van der Waals surface area contributed by atoms with E-state index >= 15 is 0 Å². The number of pyridine rings is 1. The van der Waals surface area contributed by atoms with E-state index < -0.39 is 0 Å². The van der Waals surface area contributed by atoms with Gasteiger partial charge in [-0.1, -0.05) is 6.07 Å². The Morgan fingerprint density at radius 2 is 2.08 bits per heavy atom. The lowest BCUT2D eigenvalue weighted by molar-refractivity contribution is -0.115. The van der Waals surface area contributed by atoms with Crippen LogP contribution in [0.3, 0.4) is 0 Å². The summed E-state index contributed by atoms with van der Waals surface area (Å²) < 4.78 is 0. The maximum absolute atomic E-state index is 11.9. The molecule has 0 aromatic carbocycles. The van der Waals surface area contributed by atoms with Crippen molar-refractivity contribution < 1.29 is 9.59 Å². The molecule has 3 N–H and O–H groups in total. The van der Waals surface area contributed by atoms with E-state index in [4.69, 9.17) is 0 Å². The number of rotatable bonds is 5. The fourth-order valence-corrected chi connectivity index (χ4v) is 2.75. The van der Waals surface area contributed by atoms with Gasteiger partial charge in [0, 0.05) is 23.5 Å². The molecule has 0 aliphatic rings. The molecule has 3 aromatic rings. The molecule has 122 valence electrons. The maximum Gasteiger partial charge on any atom is 0.253 e. The van der Waals surface area contributed by atoms with Gasteiger partial charge in [0.1, 0.15) is 5.69 Å². The molecule has 0 radical (unpaired) electrons. The van der Waals surface area contributed by atoms with E-state index in [1.54, 1.807) is 18.5 Å². The largest absolute Gasteiger partial charge is 0.367 e. The molecule has 3 aromatic heterocycles. The third-order valence-corrected chi connectivity index (χ3v) is 3.93. The predicted molar refractivity (Wildman–Crippen MR) is 91.8 cm³/mol. The molecule has 0 saturated heterocycles. The van der Waals surface area contributed by atoms with Crippen LogP contribution in [0.4, 0.5) is 5.13 Å². The topological polar surface area (TPSA) is 99.8 Å². The molecule has 0 fully saturated rings. The first-order valence-electron chi connectivity index (χ1n) is 7.22. The van der Waals surface area contributed by atoms with E-state index in [1.165, 1.54) is 11.3 Å². The first-order valence-corrected chi connectivity index (χ1v) is 8.10. The second-order valence-corrected chi connectivity index (χ2v) is 5.89. The van der Waals surface area contributed by atoms with E-state index in [0.717, 1.165) is 11.4 Å². The van der Waals surface area contributed by atoms with Crippen LogP contribution >= 0.6 is 11.3 Å². The highest BCUT2D eigenvalue weighted by Gasteiger charge is 2.11. The number of thiazole rings is 1. The number of nitrogens with one attached hydrogen (secondary N) is 3. The third-order valence-electron chi connectivity index (χ3n) is 3.17. The number of aryl methyl sites for hydroxylation is 1. The van der Waals surface area contributed by atoms with Crippen LogP contribution in [0.1, 0.15) is 16.1 Å². The molecule has 0 atom stereocenters. The van der Waals surface area contributed by atoms with Gasteiger partial charge in [0.05, 0.1) is 17.8 Å². The summed E-state index contributed by atoms with van der Waals surface area (Å²) in [7, 11) is 0. The van der Waals surface area contributed by atoms with E-state index in [2.05, 4.69) is 25.6 Å². The van der Waals surface area contributed by atoms with Crippen molar-refractivity contribution in [2.24, 2.45) is 0 Å². The second-order valence-electron chi connectivity index (χ2n) is 5.03. The van der Waals surface area contributed by atoms with Crippen molar-refractivity contribution in [3.8, 4) is 11.4 Å². The van der Waals surface area contributed by atoms with Gasteiger partial charge in [0.2, 0.25) is 5.91 Å². The van der Waals surface area contributed by atoms with Crippen molar-refractivity contribution in [1.82, 2.24) is 20.3 Å². The third kappa shape index (κ3) is 3.85. The van der Waals surface area contributed by atoms with Gasteiger partial charge in [0.25, 0.3) is 5.91 Å². The highest BCUT2D eigenvalue weighted by Crippen LogP contribution is 2.23. The van der Waals surface area contributed by atoms with Gasteiger partial charge in [-0.2, -0.15) is 0 Å². The summed E-state index contributed by atoms with van der Waals surface area (Å²) in [6, 6.07) is 7.32. The molecular weight excluding hydrogens is 326 g/mol. The number of aromatic amines is 1. The quantitative estimate of drug-likeness (QED) is 0.662. The van der Waals surface area contributed by atoms with Crippen molar-refractivity contribution in [1.29, 1.82) is 0 Å². The van der Waals surface area contributed by atoms with Gasteiger partial charge < -0.3 is 15.6 Å². The molecular formula is C16H15N5O2S. The second kappa shape index (κ2) is 7.05. The lowest BCUT2D eigenvalue weighted by atomic mass is 10.3. The molecule has 24 heavy (non-hydrogen) atoms. The number of anilines is 1. The Hall–Kier alpha value is -3.00. The Morgan fingerprint density at radius 1 is 1.21 bits per heavy atom. The van der Waals surface area contributed by atoms with Crippen LogP contribution in [0.15, 0.2) is 42.0 Å². The fourth-order valence-electron chi connectivity index (χ4n) is 2.03. The average Bonchev–Trinajstić information content (AvgIpc) is 3.24. The zero-order chi connectivity index (χ0) is 16.9. The minimum absolute atomic E-state index is 0.123.